The van der Waals surface area contributed by atoms with E-state index in [9.17, 15) is 17.2 Å². The molecule has 2 aromatic heterocycles. The van der Waals surface area contributed by atoms with Crippen LogP contribution in [-0.4, -0.2) is 49.6 Å². The molecule has 1 saturated carbocycles. The van der Waals surface area contributed by atoms with Crippen LogP contribution in [0.4, 0.5) is 14.6 Å². The van der Waals surface area contributed by atoms with E-state index in [-0.39, 0.29) is 33.4 Å². The van der Waals surface area contributed by atoms with Crippen molar-refractivity contribution in [3.63, 3.8) is 0 Å². The Morgan fingerprint density at radius 3 is 2.61 bits per heavy atom. The highest BCUT2D eigenvalue weighted by atomic mass is 32.2. The van der Waals surface area contributed by atoms with E-state index in [2.05, 4.69) is 20.9 Å². The summed E-state index contributed by atoms with van der Waals surface area (Å²) in [5.41, 5.74) is 0.994. The number of rotatable bonds is 9. The highest BCUT2D eigenvalue weighted by Crippen LogP contribution is 2.42. The molecule has 0 spiro atoms. The van der Waals surface area contributed by atoms with Crippen molar-refractivity contribution in [3.05, 3.63) is 53.9 Å². The zero-order valence-corrected chi connectivity index (χ0v) is 21.1. The predicted molar refractivity (Wildman–Crippen MR) is 132 cm³/mol. The molecule has 1 fully saturated rings. The summed E-state index contributed by atoms with van der Waals surface area (Å²) in [6.45, 7) is 0.427. The molecule has 1 aliphatic carbocycles. The van der Waals surface area contributed by atoms with E-state index < -0.39 is 34.9 Å². The molecule has 0 amide bonds. The average Bonchev–Trinajstić information content (AvgIpc) is 3.51. The molecule has 2 aromatic carbocycles. The van der Waals surface area contributed by atoms with Gasteiger partial charge in [0.25, 0.3) is 15.9 Å². The highest BCUT2D eigenvalue weighted by Gasteiger charge is 2.47. The van der Waals surface area contributed by atoms with Gasteiger partial charge in [0.1, 0.15) is 33.6 Å². The van der Waals surface area contributed by atoms with Crippen LogP contribution in [0.5, 0.6) is 17.2 Å². The first-order chi connectivity index (χ1) is 18.1. The molecule has 1 N–H and O–H groups in total. The van der Waals surface area contributed by atoms with E-state index in [1.807, 2.05) is 0 Å². The fourth-order valence-electron chi connectivity index (χ4n) is 4.23. The number of hydrogen-bond donors (Lipinski definition) is 1. The van der Waals surface area contributed by atoms with Crippen molar-refractivity contribution in [3.8, 4) is 29.6 Å². The van der Waals surface area contributed by atoms with E-state index in [4.69, 9.17) is 25.2 Å². The van der Waals surface area contributed by atoms with E-state index in [0.717, 1.165) is 5.56 Å². The summed E-state index contributed by atoms with van der Waals surface area (Å²) in [6.07, 6.45) is 7.47. The first-order valence-electron chi connectivity index (χ1n) is 11.3. The van der Waals surface area contributed by atoms with Gasteiger partial charge >= 0.3 is 0 Å². The van der Waals surface area contributed by atoms with Gasteiger partial charge < -0.3 is 18.7 Å². The Morgan fingerprint density at radius 2 is 1.97 bits per heavy atom. The minimum atomic E-state index is -4.38. The first kappa shape index (κ1) is 25.3. The fourth-order valence-corrected chi connectivity index (χ4v) is 5.54. The van der Waals surface area contributed by atoms with Gasteiger partial charge in [-0.25, -0.2) is 17.2 Å². The van der Waals surface area contributed by atoms with Gasteiger partial charge in [0.15, 0.2) is 11.4 Å². The first-order valence-corrected chi connectivity index (χ1v) is 12.8. The van der Waals surface area contributed by atoms with E-state index in [1.165, 1.54) is 26.4 Å². The second-order valence-corrected chi connectivity index (χ2v) is 10.3. The Balaban J connectivity index is 1.48. The molecule has 5 rings (SSSR count). The summed E-state index contributed by atoms with van der Waals surface area (Å²) in [6, 6.07) is 7.79. The van der Waals surface area contributed by atoms with Crippen LogP contribution in [-0.2, 0) is 16.6 Å². The molecule has 0 aliphatic heterocycles. The highest BCUT2D eigenvalue weighted by molar-refractivity contribution is 7.93. The van der Waals surface area contributed by atoms with Gasteiger partial charge in [0, 0.05) is 31.3 Å². The number of aromatic nitrogens is 3. The third-order valence-electron chi connectivity index (χ3n) is 5.98. The van der Waals surface area contributed by atoms with Crippen molar-refractivity contribution in [1.82, 2.24) is 14.9 Å². The summed E-state index contributed by atoms with van der Waals surface area (Å²) < 4.78 is 79.3. The van der Waals surface area contributed by atoms with Crippen LogP contribution in [0.25, 0.3) is 11.0 Å². The average molecular weight is 545 g/mol. The van der Waals surface area contributed by atoms with E-state index in [0.29, 0.717) is 17.7 Å². The third-order valence-corrected chi connectivity index (χ3v) is 7.40. The number of nitrogens with one attached hydrogen (secondary N) is 1. The lowest BCUT2D eigenvalue weighted by Gasteiger charge is -2.35. The number of terminal acetylenes is 1. The summed E-state index contributed by atoms with van der Waals surface area (Å²) in [7, 11) is -1.68. The maximum atomic E-state index is 13.5. The second kappa shape index (κ2) is 9.53. The van der Waals surface area contributed by atoms with Crippen molar-refractivity contribution in [2.45, 2.75) is 36.3 Å². The Labute approximate surface area is 216 Å². The lowest BCUT2D eigenvalue weighted by molar-refractivity contribution is -0.134. The Bertz CT molecular complexity index is 1640. The van der Waals surface area contributed by atoms with Crippen LogP contribution in [0.2, 0.25) is 0 Å². The number of ether oxygens (including phenoxy) is 3. The van der Waals surface area contributed by atoms with Crippen LogP contribution in [0.15, 0.2) is 52.1 Å². The monoisotopic (exact) mass is 544 g/mol. The Morgan fingerprint density at radius 1 is 1.21 bits per heavy atom. The lowest BCUT2D eigenvalue weighted by atomic mass is 9.91. The van der Waals surface area contributed by atoms with Gasteiger partial charge in [-0.1, -0.05) is 11.1 Å². The number of halogens is 2. The van der Waals surface area contributed by atoms with Crippen molar-refractivity contribution in [2.75, 3.05) is 18.9 Å². The number of hydrogen-bond acceptors (Lipinski definition) is 8. The number of nitrogens with zero attached hydrogens (tertiary/aromatic N) is 3. The zero-order valence-electron chi connectivity index (χ0n) is 20.3. The van der Waals surface area contributed by atoms with E-state index in [1.54, 1.807) is 35.3 Å². The predicted octanol–water partition coefficient (Wildman–Crippen LogP) is 4.05. The number of sulfonamides is 1. The molecule has 0 radical (unpaired) electrons. The minimum absolute atomic E-state index is 0.0841. The molecular formula is C25H22F2N4O6S. The van der Waals surface area contributed by atoms with Gasteiger partial charge in [-0.05, 0) is 29.8 Å². The van der Waals surface area contributed by atoms with Gasteiger partial charge in [-0.15, -0.1) is 6.42 Å². The second-order valence-electron chi connectivity index (χ2n) is 8.66. The fraction of sp³-hybridized carbons (Fsp3) is 0.280. The molecule has 10 nitrogen and oxygen atoms in total. The SMILES string of the molecule is C#Cc1cc(OC2CC(F)(F)C2)cc(OC)c1S(=O)(=O)Nc1noc2cc(Cn3cccn3)cc(OC)c12. The number of methoxy groups -OCH3 is 2. The molecule has 38 heavy (non-hydrogen) atoms. The van der Waals surface area contributed by atoms with Crippen LogP contribution >= 0.6 is 0 Å². The summed E-state index contributed by atoms with van der Waals surface area (Å²) >= 11 is 0. The number of anilines is 1. The van der Waals surface area contributed by atoms with E-state index >= 15 is 0 Å². The molecule has 4 aromatic rings. The topological polar surface area (TPSA) is 118 Å². The molecule has 0 saturated heterocycles. The third kappa shape index (κ3) is 4.82. The van der Waals surface area contributed by atoms with Crippen LogP contribution in [0.3, 0.4) is 0 Å². The van der Waals surface area contributed by atoms with Crippen molar-refractivity contribution < 1.29 is 35.9 Å². The standard InChI is InChI=1S/C25H22F2N4O6S/c1-4-16-10-17(36-18-12-25(26,27)13-18)11-21(35-3)23(16)38(32,33)30-24-22-19(34-2)8-15(9-20(22)37-29-24)14-31-7-5-6-28-31/h1,5-11,18H,12-14H2,2-3H3,(H,29,30). The molecular weight excluding hydrogens is 522 g/mol. The molecule has 0 unspecified atom stereocenters. The zero-order chi connectivity index (χ0) is 27.1. The number of alkyl halides is 2. The summed E-state index contributed by atoms with van der Waals surface area (Å²) in [4.78, 5) is -0.348. The van der Waals surface area contributed by atoms with Gasteiger partial charge in [0.2, 0.25) is 0 Å². The van der Waals surface area contributed by atoms with Crippen LogP contribution in [0, 0.1) is 12.3 Å². The minimum Gasteiger partial charge on any atom is -0.496 e. The molecule has 1 aliphatic rings. The molecule has 2 heterocycles. The van der Waals surface area contributed by atoms with Crippen molar-refractivity contribution >= 4 is 26.8 Å². The number of benzene rings is 2. The molecule has 13 heteroatoms. The largest absolute Gasteiger partial charge is 0.496 e. The normalized spacial score (nSPS) is 15.0. The lowest BCUT2D eigenvalue weighted by Crippen LogP contribution is -2.43. The Kier molecular flexibility index (Phi) is 6.36. The molecule has 0 atom stereocenters. The van der Waals surface area contributed by atoms with Crippen LogP contribution in [0.1, 0.15) is 24.0 Å². The quantitative estimate of drug-likeness (QED) is 0.314. The Hall–Kier alpha value is -4.31. The van der Waals surface area contributed by atoms with Gasteiger partial charge in [-0.3, -0.25) is 9.40 Å². The van der Waals surface area contributed by atoms with Crippen LogP contribution < -0.4 is 18.9 Å². The van der Waals surface area contributed by atoms with Crippen molar-refractivity contribution in [2.24, 2.45) is 0 Å². The summed E-state index contributed by atoms with van der Waals surface area (Å²) in [5, 5.41) is 8.37. The van der Waals surface area contributed by atoms with Crippen molar-refractivity contribution in [1.29, 1.82) is 0 Å². The van der Waals surface area contributed by atoms with Gasteiger partial charge in [-0.2, -0.15) is 5.10 Å². The smallest absolute Gasteiger partial charge is 0.268 e. The maximum Gasteiger partial charge on any atom is 0.268 e. The molecule has 0 bridgehead atoms. The maximum absolute atomic E-state index is 13.5. The summed E-state index contributed by atoms with van der Waals surface area (Å²) in [5.74, 6) is -0.278. The van der Waals surface area contributed by atoms with Gasteiger partial charge in [0.05, 0.1) is 26.3 Å². The molecule has 198 valence electrons. The number of fused-ring (bicyclic) bond motifs is 1.